The Kier molecular flexibility index (Phi) is 6.31. The van der Waals surface area contributed by atoms with E-state index in [1.807, 2.05) is 36.1 Å². The Morgan fingerprint density at radius 3 is 2.68 bits per heavy atom. The summed E-state index contributed by atoms with van der Waals surface area (Å²) < 4.78 is 0. The number of amides is 1. The van der Waals surface area contributed by atoms with Gasteiger partial charge in [-0.15, -0.1) is 11.8 Å². The number of thioether (sulfide) groups is 1. The summed E-state index contributed by atoms with van der Waals surface area (Å²) in [6.07, 6.45) is 3.73. The number of nitrogens with zero attached hydrogens (tertiary/aromatic N) is 1. The Hall–Kier alpha value is -1.49. The predicted molar refractivity (Wildman–Crippen MR) is 88.1 cm³/mol. The third-order valence-corrected chi connectivity index (χ3v) is 5.02. The molecule has 0 spiro atoms. The molecule has 0 aromatic heterocycles. The van der Waals surface area contributed by atoms with Crippen molar-refractivity contribution in [3.05, 3.63) is 29.8 Å². The van der Waals surface area contributed by atoms with E-state index in [0.717, 1.165) is 30.7 Å². The number of rotatable bonds is 6. The van der Waals surface area contributed by atoms with Crippen LogP contribution in [0.4, 0.5) is 0 Å². The first-order valence-electron chi connectivity index (χ1n) is 7.77. The summed E-state index contributed by atoms with van der Waals surface area (Å²) in [7, 11) is 0. The van der Waals surface area contributed by atoms with Crippen LogP contribution >= 0.6 is 11.8 Å². The molecule has 0 bridgehead atoms. The molecule has 1 atom stereocenters. The van der Waals surface area contributed by atoms with Crippen molar-refractivity contribution in [3.8, 4) is 0 Å². The molecule has 1 heterocycles. The highest BCUT2D eigenvalue weighted by molar-refractivity contribution is 8.00. The van der Waals surface area contributed by atoms with Gasteiger partial charge in [0.15, 0.2) is 0 Å². The second-order valence-corrected chi connectivity index (χ2v) is 6.82. The van der Waals surface area contributed by atoms with Crippen LogP contribution < -0.4 is 0 Å². The van der Waals surface area contributed by atoms with Crippen LogP contribution in [0.1, 0.15) is 37.7 Å². The first kappa shape index (κ1) is 16.9. The van der Waals surface area contributed by atoms with Gasteiger partial charge in [-0.3, -0.25) is 9.59 Å². The third-order valence-electron chi connectivity index (χ3n) is 4.02. The van der Waals surface area contributed by atoms with Crippen molar-refractivity contribution in [1.82, 2.24) is 4.90 Å². The summed E-state index contributed by atoms with van der Waals surface area (Å²) in [6, 6.07) is 8.25. The summed E-state index contributed by atoms with van der Waals surface area (Å²) >= 11 is 1.55. The Bertz CT molecular complexity index is 515. The molecule has 0 radical (unpaired) electrons. The lowest BCUT2D eigenvalue weighted by atomic mass is 9.98. The van der Waals surface area contributed by atoms with E-state index in [-0.39, 0.29) is 18.4 Å². The highest BCUT2D eigenvalue weighted by atomic mass is 32.2. The van der Waals surface area contributed by atoms with Crippen molar-refractivity contribution in [1.29, 1.82) is 0 Å². The van der Waals surface area contributed by atoms with E-state index in [4.69, 9.17) is 5.11 Å². The quantitative estimate of drug-likeness (QED) is 0.817. The molecule has 0 saturated carbocycles. The van der Waals surface area contributed by atoms with Crippen molar-refractivity contribution in [2.24, 2.45) is 0 Å². The topological polar surface area (TPSA) is 57.6 Å². The lowest BCUT2D eigenvalue weighted by Gasteiger charge is -2.35. The zero-order chi connectivity index (χ0) is 15.9. The number of hydrogen-bond acceptors (Lipinski definition) is 3. The van der Waals surface area contributed by atoms with Crippen LogP contribution in [0.25, 0.3) is 0 Å². The molecular weight excluding hydrogens is 298 g/mol. The van der Waals surface area contributed by atoms with E-state index in [2.05, 4.69) is 0 Å². The van der Waals surface area contributed by atoms with Crippen LogP contribution in [0.3, 0.4) is 0 Å². The van der Waals surface area contributed by atoms with Crippen molar-refractivity contribution < 1.29 is 14.7 Å². The largest absolute Gasteiger partial charge is 0.481 e. The first-order chi connectivity index (χ1) is 10.6. The maximum atomic E-state index is 12.5. The number of carboxylic acids is 1. The minimum atomic E-state index is -0.785. The van der Waals surface area contributed by atoms with Gasteiger partial charge in [-0.1, -0.05) is 17.7 Å². The summed E-state index contributed by atoms with van der Waals surface area (Å²) in [4.78, 5) is 26.2. The molecule has 5 heteroatoms. The molecule has 1 aliphatic rings. The van der Waals surface area contributed by atoms with Crippen LogP contribution in [0.5, 0.6) is 0 Å². The van der Waals surface area contributed by atoms with Gasteiger partial charge in [0.1, 0.15) is 0 Å². The van der Waals surface area contributed by atoms with E-state index in [1.165, 1.54) is 5.56 Å². The van der Waals surface area contributed by atoms with Crippen molar-refractivity contribution in [2.75, 3.05) is 12.3 Å². The number of aryl methyl sites for hydroxylation is 1. The predicted octanol–water partition coefficient (Wildman–Crippen LogP) is 3.33. The minimum Gasteiger partial charge on any atom is -0.481 e. The Morgan fingerprint density at radius 1 is 1.27 bits per heavy atom. The standard InChI is InChI=1S/C17H23NO3S/c1-13-5-8-15(9-6-13)22-12-16(19)18-11-3-2-4-14(18)7-10-17(20)21/h5-6,8-9,14H,2-4,7,10-12H2,1H3,(H,20,21). The van der Waals surface area contributed by atoms with Gasteiger partial charge in [-0.2, -0.15) is 0 Å². The highest BCUT2D eigenvalue weighted by Gasteiger charge is 2.26. The van der Waals surface area contributed by atoms with Crippen molar-refractivity contribution in [3.63, 3.8) is 0 Å². The molecule has 1 fully saturated rings. The molecule has 2 rings (SSSR count). The fraction of sp³-hybridized carbons (Fsp3) is 0.529. The van der Waals surface area contributed by atoms with E-state index < -0.39 is 5.97 Å². The Labute approximate surface area is 135 Å². The number of piperidine rings is 1. The van der Waals surface area contributed by atoms with Crippen LogP contribution in [-0.4, -0.2) is 40.2 Å². The zero-order valence-corrected chi connectivity index (χ0v) is 13.8. The average molecular weight is 321 g/mol. The number of carbonyl (C=O) groups is 2. The van der Waals surface area contributed by atoms with Gasteiger partial charge < -0.3 is 10.0 Å². The SMILES string of the molecule is Cc1ccc(SCC(=O)N2CCCCC2CCC(=O)O)cc1. The second-order valence-electron chi connectivity index (χ2n) is 5.77. The molecule has 0 aliphatic carbocycles. The summed E-state index contributed by atoms with van der Waals surface area (Å²) in [6.45, 7) is 2.80. The average Bonchev–Trinajstić information content (AvgIpc) is 2.52. The first-order valence-corrected chi connectivity index (χ1v) is 8.75. The lowest BCUT2D eigenvalue weighted by molar-refractivity contribution is -0.139. The van der Waals surface area contributed by atoms with Crippen LogP contribution in [0.15, 0.2) is 29.2 Å². The second kappa shape index (κ2) is 8.22. The molecule has 1 amide bonds. The molecular formula is C17H23NO3S. The molecule has 1 aromatic rings. The molecule has 1 aromatic carbocycles. The van der Waals surface area contributed by atoms with Crippen LogP contribution in [0.2, 0.25) is 0 Å². The van der Waals surface area contributed by atoms with Gasteiger partial charge in [0, 0.05) is 23.9 Å². The maximum absolute atomic E-state index is 12.5. The number of hydrogen-bond donors (Lipinski definition) is 1. The van der Waals surface area contributed by atoms with Gasteiger partial charge in [0.25, 0.3) is 0 Å². The molecule has 1 saturated heterocycles. The summed E-state index contributed by atoms with van der Waals surface area (Å²) in [5, 5.41) is 8.84. The van der Waals surface area contributed by atoms with Gasteiger partial charge in [0.05, 0.1) is 5.75 Å². The minimum absolute atomic E-state index is 0.0935. The van der Waals surface area contributed by atoms with Crippen LogP contribution in [-0.2, 0) is 9.59 Å². The smallest absolute Gasteiger partial charge is 0.303 e. The van der Waals surface area contributed by atoms with Crippen molar-refractivity contribution in [2.45, 2.75) is 50.0 Å². The van der Waals surface area contributed by atoms with Crippen molar-refractivity contribution >= 4 is 23.6 Å². The van der Waals surface area contributed by atoms with E-state index in [0.29, 0.717) is 12.2 Å². The Balaban J connectivity index is 1.88. The highest BCUT2D eigenvalue weighted by Crippen LogP contribution is 2.24. The summed E-state index contributed by atoms with van der Waals surface area (Å²) in [5.41, 5.74) is 1.21. The fourth-order valence-electron chi connectivity index (χ4n) is 2.78. The Morgan fingerprint density at radius 2 is 2.00 bits per heavy atom. The number of benzene rings is 1. The molecule has 1 N–H and O–H groups in total. The van der Waals surface area contributed by atoms with E-state index >= 15 is 0 Å². The number of aliphatic carboxylic acids is 1. The molecule has 120 valence electrons. The third kappa shape index (κ3) is 5.05. The zero-order valence-electron chi connectivity index (χ0n) is 13.0. The number of carboxylic acid groups (broad SMARTS) is 1. The lowest BCUT2D eigenvalue weighted by Crippen LogP contribution is -2.44. The van der Waals surface area contributed by atoms with Gasteiger partial charge in [0.2, 0.25) is 5.91 Å². The maximum Gasteiger partial charge on any atom is 0.303 e. The van der Waals surface area contributed by atoms with Crippen LogP contribution in [0, 0.1) is 6.92 Å². The summed E-state index contributed by atoms with van der Waals surface area (Å²) in [5.74, 6) is -0.236. The fourth-order valence-corrected chi connectivity index (χ4v) is 3.57. The molecule has 22 heavy (non-hydrogen) atoms. The molecule has 1 aliphatic heterocycles. The number of likely N-dealkylation sites (tertiary alicyclic amines) is 1. The number of carbonyl (C=O) groups excluding carboxylic acids is 1. The van der Waals surface area contributed by atoms with Gasteiger partial charge in [-0.05, 0) is 44.7 Å². The van der Waals surface area contributed by atoms with Gasteiger partial charge in [-0.25, -0.2) is 0 Å². The monoisotopic (exact) mass is 321 g/mol. The van der Waals surface area contributed by atoms with Gasteiger partial charge >= 0.3 is 5.97 Å². The van der Waals surface area contributed by atoms with E-state index in [9.17, 15) is 9.59 Å². The van der Waals surface area contributed by atoms with E-state index in [1.54, 1.807) is 11.8 Å². The normalized spacial score (nSPS) is 18.2. The molecule has 4 nitrogen and oxygen atoms in total. The molecule has 1 unspecified atom stereocenters.